The number of benzene rings is 2. The van der Waals surface area contributed by atoms with Gasteiger partial charge in [-0.25, -0.2) is 9.59 Å². The largest absolute Gasteiger partial charge is 0.462 e. The Bertz CT molecular complexity index is 932. The van der Waals surface area contributed by atoms with Gasteiger partial charge in [-0.2, -0.15) is 0 Å². The molecule has 2 amide bonds. The molecule has 0 bridgehead atoms. The van der Waals surface area contributed by atoms with Crippen LogP contribution in [-0.4, -0.2) is 18.6 Å². The number of hydrogen-bond acceptors (Lipinski definition) is 4. The zero-order chi connectivity index (χ0) is 21.0. The molecule has 2 N–H and O–H groups in total. The lowest BCUT2D eigenvalue weighted by Gasteiger charge is -2.28. The molecular formula is C23H26N2O4. The number of amides is 2. The van der Waals surface area contributed by atoms with Crippen LogP contribution in [0.1, 0.15) is 37.9 Å². The predicted molar refractivity (Wildman–Crippen MR) is 111 cm³/mol. The monoisotopic (exact) mass is 394 g/mol. The van der Waals surface area contributed by atoms with E-state index in [1.807, 2.05) is 69.3 Å². The number of urea groups is 1. The first-order valence-electron chi connectivity index (χ1n) is 9.63. The number of nitrogens with one attached hydrogen (secondary N) is 2. The third-order valence-corrected chi connectivity index (χ3v) is 4.48. The summed E-state index contributed by atoms with van der Waals surface area (Å²) in [6, 6.07) is 14.2. The molecule has 2 aromatic rings. The van der Waals surface area contributed by atoms with Crippen LogP contribution in [0.15, 0.2) is 59.8 Å². The van der Waals surface area contributed by atoms with Gasteiger partial charge in [-0.1, -0.05) is 38.1 Å². The van der Waals surface area contributed by atoms with Crippen molar-refractivity contribution in [2.24, 2.45) is 5.92 Å². The predicted octanol–water partition coefficient (Wildman–Crippen LogP) is 4.61. The molecule has 0 aliphatic carbocycles. The van der Waals surface area contributed by atoms with E-state index in [0.29, 0.717) is 23.6 Å². The van der Waals surface area contributed by atoms with Crippen molar-refractivity contribution in [2.75, 3.05) is 6.61 Å². The molecule has 0 spiro atoms. The van der Waals surface area contributed by atoms with Crippen molar-refractivity contribution in [3.63, 3.8) is 0 Å². The summed E-state index contributed by atoms with van der Waals surface area (Å²) in [7, 11) is 0. The Kier molecular flexibility index (Phi) is 6.22. The van der Waals surface area contributed by atoms with Gasteiger partial charge < -0.3 is 20.1 Å². The topological polar surface area (TPSA) is 76.7 Å². The lowest BCUT2D eigenvalue weighted by atomic mass is 9.95. The van der Waals surface area contributed by atoms with E-state index in [1.54, 1.807) is 6.92 Å². The van der Waals surface area contributed by atoms with Crippen LogP contribution in [0.4, 0.5) is 4.79 Å². The van der Waals surface area contributed by atoms with Crippen LogP contribution >= 0.6 is 0 Å². The van der Waals surface area contributed by atoms with E-state index >= 15 is 0 Å². The maximum Gasteiger partial charge on any atom is 0.338 e. The maximum atomic E-state index is 12.6. The van der Waals surface area contributed by atoms with E-state index < -0.39 is 12.0 Å². The van der Waals surface area contributed by atoms with Crippen molar-refractivity contribution in [1.82, 2.24) is 10.6 Å². The fourth-order valence-corrected chi connectivity index (χ4v) is 3.08. The molecule has 1 heterocycles. The molecular weight excluding hydrogens is 368 g/mol. The first-order valence-corrected chi connectivity index (χ1v) is 9.63. The molecule has 0 saturated heterocycles. The Labute approximate surface area is 170 Å². The first-order chi connectivity index (χ1) is 13.8. The number of allylic oxidation sites excluding steroid dienone is 1. The van der Waals surface area contributed by atoms with Gasteiger partial charge in [-0.05, 0) is 55.2 Å². The number of ether oxygens (including phenoxy) is 2. The van der Waals surface area contributed by atoms with E-state index in [9.17, 15) is 9.59 Å². The summed E-state index contributed by atoms with van der Waals surface area (Å²) in [5, 5.41) is 5.46. The molecule has 29 heavy (non-hydrogen) atoms. The number of esters is 1. The Hall–Kier alpha value is -3.28. The third-order valence-electron chi connectivity index (χ3n) is 4.48. The maximum absolute atomic E-state index is 12.6. The Morgan fingerprint density at radius 1 is 1.07 bits per heavy atom. The normalized spacial score (nSPS) is 16.3. The highest BCUT2D eigenvalue weighted by Gasteiger charge is 2.32. The number of aryl methyl sites for hydroxylation is 1. The van der Waals surface area contributed by atoms with E-state index in [4.69, 9.17) is 9.47 Å². The van der Waals surface area contributed by atoms with Gasteiger partial charge in [0.15, 0.2) is 0 Å². The minimum atomic E-state index is -0.587. The van der Waals surface area contributed by atoms with Gasteiger partial charge in [-0.3, -0.25) is 0 Å². The molecule has 6 heteroatoms. The van der Waals surface area contributed by atoms with Crippen LogP contribution in [0.3, 0.4) is 0 Å². The number of carbonyl (C=O) groups excluding carboxylic acids is 2. The van der Waals surface area contributed by atoms with Crippen molar-refractivity contribution < 1.29 is 19.1 Å². The van der Waals surface area contributed by atoms with E-state index in [2.05, 4.69) is 10.6 Å². The lowest BCUT2D eigenvalue weighted by Crippen LogP contribution is -2.45. The molecule has 0 fully saturated rings. The summed E-state index contributed by atoms with van der Waals surface area (Å²) in [6.45, 7) is 7.97. The summed E-state index contributed by atoms with van der Waals surface area (Å²) in [6.07, 6.45) is 0. The van der Waals surface area contributed by atoms with E-state index in [0.717, 1.165) is 16.9 Å². The zero-order valence-corrected chi connectivity index (χ0v) is 17.1. The summed E-state index contributed by atoms with van der Waals surface area (Å²) >= 11 is 0. The third kappa shape index (κ3) is 5.16. The van der Waals surface area contributed by atoms with Gasteiger partial charge in [-0.15, -0.1) is 0 Å². The molecule has 1 atom stereocenters. The second kappa shape index (κ2) is 8.82. The lowest BCUT2D eigenvalue weighted by molar-refractivity contribution is -0.140. The molecule has 0 saturated carbocycles. The van der Waals surface area contributed by atoms with Gasteiger partial charge in [0.25, 0.3) is 0 Å². The summed E-state index contributed by atoms with van der Waals surface area (Å²) in [4.78, 5) is 24.6. The molecule has 1 aliphatic heterocycles. The van der Waals surface area contributed by atoms with E-state index in [1.165, 1.54) is 0 Å². The zero-order valence-electron chi connectivity index (χ0n) is 17.1. The van der Waals surface area contributed by atoms with Crippen molar-refractivity contribution in [3.8, 4) is 11.5 Å². The Morgan fingerprint density at radius 2 is 1.79 bits per heavy atom. The molecule has 3 rings (SSSR count). The first kappa shape index (κ1) is 20.5. The Morgan fingerprint density at radius 3 is 2.45 bits per heavy atom. The van der Waals surface area contributed by atoms with Crippen LogP contribution in [0.2, 0.25) is 0 Å². The molecule has 2 aromatic carbocycles. The second-order valence-corrected chi connectivity index (χ2v) is 7.55. The Balaban J connectivity index is 1.82. The molecule has 1 aliphatic rings. The molecule has 0 aromatic heterocycles. The van der Waals surface area contributed by atoms with Crippen LogP contribution in [0.25, 0.3) is 0 Å². The highest BCUT2D eigenvalue weighted by molar-refractivity contribution is 5.95. The van der Waals surface area contributed by atoms with Crippen LogP contribution in [-0.2, 0) is 9.53 Å². The number of carbonyl (C=O) groups is 2. The summed E-state index contributed by atoms with van der Waals surface area (Å²) in [5.74, 6) is 1.21. The van der Waals surface area contributed by atoms with Gasteiger partial charge >= 0.3 is 12.0 Å². The number of hydrogen-bond donors (Lipinski definition) is 2. The fourth-order valence-electron chi connectivity index (χ4n) is 3.08. The number of rotatable bonds is 6. The summed E-state index contributed by atoms with van der Waals surface area (Å²) in [5.41, 5.74) is 2.78. The summed E-state index contributed by atoms with van der Waals surface area (Å²) < 4.78 is 11.3. The minimum absolute atomic E-state index is 0.225. The smallest absolute Gasteiger partial charge is 0.338 e. The highest BCUT2D eigenvalue weighted by Crippen LogP contribution is 2.30. The minimum Gasteiger partial charge on any atom is -0.462 e. The van der Waals surface area contributed by atoms with Crippen molar-refractivity contribution in [1.29, 1.82) is 0 Å². The second-order valence-electron chi connectivity index (χ2n) is 7.55. The average Bonchev–Trinajstić information content (AvgIpc) is 2.66. The molecule has 0 radical (unpaired) electrons. The van der Waals surface area contributed by atoms with Crippen LogP contribution in [0.5, 0.6) is 11.5 Å². The molecule has 6 nitrogen and oxygen atoms in total. The fraction of sp³-hybridized carbons (Fsp3) is 0.304. The van der Waals surface area contributed by atoms with E-state index in [-0.39, 0.29) is 11.9 Å². The molecule has 152 valence electrons. The van der Waals surface area contributed by atoms with Gasteiger partial charge in [0, 0.05) is 5.70 Å². The van der Waals surface area contributed by atoms with Crippen molar-refractivity contribution in [2.45, 2.75) is 33.7 Å². The quantitative estimate of drug-likeness (QED) is 0.701. The van der Waals surface area contributed by atoms with Gasteiger partial charge in [0.2, 0.25) is 0 Å². The van der Waals surface area contributed by atoms with Crippen molar-refractivity contribution >= 4 is 12.0 Å². The SMILES string of the molecule is CC1=C(C(=O)OCC(C)C)C(c2ccc(Oc3cccc(C)c3)cc2)NC(=O)N1. The highest BCUT2D eigenvalue weighted by atomic mass is 16.5. The van der Waals surface area contributed by atoms with Gasteiger partial charge in [0.05, 0.1) is 18.2 Å². The molecule has 1 unspecified atom stereocenters. The van der Waals surface area contributed by atoms with Gasteiger partial charge in [0.1, 0.15) is 11.5 Å². The standard InChI is InChI=1S/C23H26N2O4/c1-14(2)13-28-22(26)20-16(4)24-23(27)25-21(20)17-8-10-18(11-9-17)29-19-7-5-6-15(3)12-19/h5-12,14,21H,13H2,1-4H3,(H2,24,25,27). The van der Waals surface area contributed by atoms with Crippen LogP contribution < -0.4 is 15.4 Å². The van der Waals surface area contributed by atoms with Crippen LogP contribution in [0, 0.1) is 12.8 Å². The van der Waals surface area contributed by atoms with Crippen molar-refractivity contribution in [3.05, 3.63) is 70.9 Å². The average molecular weight is 394 g/mol.